The van der Waals surface area contributed by atoms with Gasteiger partial charge in [0, 0.05) is 12.6 Å². The zero-order valence-electron chi connectivity index (χ0n) is 16.7. The fourth-order valence-electron chi connectivity index (χ4n) is 2.68. The SMILES string of the molecule is COc1ccc(CCNC(=O)[C@@H](C)OC(=O)c2sccc2S(=O)(=O)NC2CC2)cc1. The van der Waals surface area contributed by atoms with E-state index in [1.165, 1.54) is 18.4 Å². The van der Waals surface area contributed by atoms with Crippen LogP contribution in [0.4, 0.5) is 0 Å². The Balaban J connectivity index is 1.51. The fourth-order valence-corrected chi connectivity index (χ4v) is 5.28. The standard InChI is InChI=1S/C20H24N2O6S2/c1-13(19(23)21-11-9-14-3-7-16(27-2)8-4-14)28-20(24)18-17(10-12-29-18)30(25,26)22-15-5-6-15/h3-4,7-8,10,12-13,15,22H,5-6,9,11H2,1-2H3,(H,21,23)/t13-/m1/s1. The molecule has 0 bridgehead atoms. The first-order valence-corrected chi connectivity index (χ1v) is 11.9. The van der Waals surface area contributed by atoms with Crippen molar-refractivity contribution in [3.05, 3.63) is 46.2 Å². The Morgan fingerprint density at radius 2 is 1.90 bits per heavy atom. The van der Waals surface area contributed by atoms with Crippen LogP contribution in [0.5, 0.6) is 5.75 Å². The van der Waals surface area contributed by atoms with E-state index in [1.54, 1.807) is 7.11 Å². The molecule has 1 aromatic carbocycles. The van der Waals surface area contributed by atoms with Crippen molar-refractivity contribution in [2.24, 2.45) is 0 Å². The molecule has 162 valence electrons. The largest absolute Gasteiger partial charge is 0.497 e. The van der Waals surface area contributed by atoms with E-state index in [9.17, 15) is 18.0 Å². The molecule has 30 heavy (non-hydrogen) atoms. The first kappa shape index (κ1) is 22.3. The Bertz CT molecular complexity index is 997. The van der Waals surface area contributed by atoms with Crippen molar-refractivity contribution in [2.45, 2.75) is 43.2 Å². The first-order chi connectivity index (χ1) is 14.3. The lowest BCUT2D eigenvalue weighted by Gasteiger charge is -2.14. The highest BCUT2D eigenvalue weighted by Crippen LogP contribution is 2.27. The molecule has 0 aliphatic heterocycles. The van der Waals surface area contributed by atoms with Gasteiger partial charge in [0.25, 0.3) is 5.91 Å². The van der Waals surface area contributed by atoms with Crippen molar-refractivity contribution in [3.8, 4) is 5.75 Å². The minimum Gasteiger partial charge on any atom is -0.497 e. The summed E-state index contributed by atoms with van der Waals surface area (Å²) in [4.78, 5) is 24.5. The summed E-state index contributed by atoms with van der Waals surface area (Å²) in [6.07, 6.45) is 1.13. The second-order valence-corrected chi connectivity index (χ2v) is 9.54. The zero-order valence-corrected chi connectivity index (χ0v) is 18.3. The predicted molar refractivity (Wildman–Crippen MR) is 112 cm³/mol. The summed E-state index contributed by atoms with van der Waals surface area (Å²) in [7, 11) is -2.19. The van der Waals surface area contributed by atoms with E-state index in [0.717, 1.165) is 35.5 Å². The van der Waals surface area contributed by atoms with Gasteiger partial charge < -0.3 is 14.8 Å². The van der Waals surface area contributed by atoms with E-state index >= 15 is 0 Å². The van der Waals surface area contributed by atoms with Crippen LogP contribution in [0.15, 0.2) is 40.6 Å². The number of carbonyl (C=O) groups is 2. The van der Waals surface area contributed by atoms with Crippen LogP contribution in [0, 0.1) is 0 Å². The number of ether oxygens (including phenoxy) is 2. The van der Waals surface area contributed by atoms with Crippen LogP contribution in [-0.4, -0.2) is 46.1 Å². The van der Waals surface area contributed by atoms with Crippen molar-refractivity contribution in [2.75, 3.05) is 13.7 Å². The summed E-state index contributed by atoms with van der Waals surface area (Å²) < 4.78 is 37.6. The zero-order chi connectivity index (χ0) is 21.7. The van der Waals surface area contributed by atoms with Crippen LogP contribution in [0.3, 0.4) is 0 Å². The molecule has 1 atom stereocenters. The average Bonchev–Trinajstić information content (AvgIpc) is 3.36. The minimum atomic E-state index is -3.79. The normalized spacial score (nSPS) is 14.7. The number of rotatable bonds is 10. The molecular weight excluding hydrogens is 428 g/mol. The first-order valence-electron chi connectivity index (χ1n) is 9.51. The van der Waals surface area contributed by atoms with Crippen LogP contribution in [-0.2, 0) is 26.0 Å². The van der Waals surface area contributed by atoms with Gasteiger partial charge in [-0.3, -0.25) is 4.79 Å². The van der Waals surface area contributed by atoms with E-state index in [2.05, 4.69) is 10.0 Å². The number of sulfonamides is 1. The highest BCUT2D eigenvalue weighted by atomic mass is 32.2. The molecule has 10 heteroatoms. The topological polar surface area (TPSA) is 111 Å². The van der Waals surface area contributed by atoms with Crippen molar-refractivity contribution in [3.63, 3.8) is 0 Å². The summed E-state index contributed by atoms with van der Waals surface area (Å²) in [6, 6.07) is 8.78. The van der Waals surface area contributed by atoms with E-state index in [-0.39, 0.29) is 15.8 Å². The molecule has 8 nitrogen and oxygen atoms in total. The number of carbonyl (C=O) groups excluding carboxylic acids is 2. The number of methoxy groups -OCH3 is 1. The molecule has 1 saturated carbocycles. The number of benzene rings is 1. The molecule has 0 radical (unpaired) electrons. The lowest BCUT2D eigenvalue weighted by atomic mass is 10.1. The molecular formula is C20H24N2O6S2. The highest BCUT2D eigenvalue weighted by molar-refractivity contribution is 7.89. The van der Waals surface area contributed by atoms with Gasteiger partial charge in [-0.25, -0.2) is 17.9 Å². The van der Waals surface area contributed by atoms with Gasteiger partial charge in [0.2, 0.25) is 10.0 Å². The van der Waals surface area contributed by atoms with Crippen LogP contribution >= 0.6 is 11.3 Å². The summed E-state index contributed by atoms with van der Waals surface area (Å²) in [5.74, 6) is -0.529. The number of thiophene rings is 1. The quantitative estimate of drug-likeness (QED) is 0.534. The van der Waals surface area contributed by atoms with Gasteiger partial charge in [0.15, 0.2) is 6.10 Å². The van der Waals surface area contributed by atoms with E-state index in [0.29, 0.717) is 13.0 Å². The Labute approximate surface area is 179 Å². The maximum Gasteiger partial charge on any atom is 0.350 e. The monoisotopic (exact) mass is 452 g/mol. The lowest BCUT2D eigenvalue weighted by molar-refractivity contribution is -0.129. The summed E-state index contributed by atoms with van der Waals surface area (Å²) in [5.41, 5.74) is 1.03. The number of hydrogen-bond donors (Lipinski definition) is 2. The lowest BCUT2D eigenvalue weighted by Crippen LogP contribution is -2.37. The fraction of sp³-hybridized carbons (Fsp3) is 0.400. The van der Waals surface area contributed by atoms with Gasteiger partial charge in [-0.2, -0.15) is 0 Å². The third-order valence-electron chi connectivity index (χ3n) is 4.53. The third-order valence-corrected chi connectivity index (χ3v) is 7.11. The summed E-state index contributed by atoms with van der Waals surface area (Å²) >= 11 is 0.968. The smallest absolute Gasteiger partial charge is 0.350 e. The number of esters is 1. The molecule has 2 N–H and O–H groups in total. The molecule has 3 rings (SSSR count). The van der Waals surface area contributed by atoms with E-state index in [4.69, 9.17) is 9.47 Å². The third kappa shape index (κ3) is 5.80. The Hall–Kier alpha value is -2.43. The second kappa shape index (κ2) is 9.59. The highest BCUT2D eigenvalue weighted by Gasteiger charge is 2.32. The van der Waals surface area contributed by atoms with Crippen LogP contribution in [0.1, 0.15) is 35.0 Å². The van der Waals surface area contributed by atoms with Crippen LogP contribution in [0.25, 0.3) is 0 Å². The molecule has 0 spiro atoms. The maximum absolute atomic E-state index is 12.4. The van der Waals surface area contributed by atoms with Gasteiger partial charge in [-0.1, -0.05) is 12.1 Å². The number of amides is 1. The maximum atomic E-state index is 12.4. The Morgan fingerprint density at radius 3 is 2.53 bits per heavy atom. The molecule has 0 saturated heterocycles. The second-order valence-electron chi connectivity index (χ2n) is 6.95. The van der Waals surface area contributed by atoms with Gasteiger partial charge in [-0.15, -0.1) is 11.3 Å². The van der Waals surface area contributed by atoms with Crippen LogP contribution in [0.2, 0.25) is 0 Å². The molecule has 1 aliphatic carbocycles. The summed E-state index contributed by atoms with van der Waals surface area (Å²) in [6.45, 7) is 1.82. The Kier molecular flexibility index (Phi) is 7.11. The molecule has 1 heterocycles. The molecule has 1 aliphatic rings. The van der Waals surface area contributed by atoms with Gasteiger partial charge in [0.1, 0.15) is 15.5 Å². The molecule has 1 amide bonds. The van der Waals surface area contributed by atoms with Crippen molar-refractivity contribution in [1.29, 1.82) is 0 Å². The predicted octanol–water partition coefficient (Wildman–Crippen LogP) is 2.10. The van der Waals surface area contributed by atoms with Crippen molar-refractivity contribution in [1.82, 2.24) is 10.0 Å². The molecule has 1 fully saturated rings. The number of hydrogen-bond acceptors (Lipinski definition) is 7. The minimum absolute atomic E-state index is 0.0407. The number of nitrogens with one attached hydrogen (secondary N) is 2. The Morgan fingerprint density at radius 1 is 1.20 bits per heavy atom. The van der Waals surface area contributed by atoms with Gasteiger partial charge >= 0.3 is 5.97 Å². The molecule has 0 unspecified atom stereocenters. The van der Waals surface area contributed by atoms with Gasteiger partial charge in [-0.05, 0) is 55.3 Å². The van der Waals surface area contributed by atoms with Crippen molar-refractivity contribution >= 4 is 33.2 Å². The van der Waals surface area contributed by atoms with Crippen LogP contribution < -0.4 is 14.8 Å². The molecule has 1 aromatic heterocycles. The average molecular weight is 453 g/mol. The van der Waals surface area contributed by atoms with Gasteiger partial charge in [0.05, 0.1) is 7.11 Å². The summed E-state index contributed by atoms with van der Waals surface area (Å²) in [5, 5.41) is 4.23. The molecule has 2 aromatic rings. The van der Waals surface area contributed by atoms with E-state index < -0.39 is 28.0 Å². The van der Waals surface area contributed by atoms with E-state index in [1.807, 2.05) is 24.3 Å². The van der Waals surface area contributed by atoms with Crippen molar-refractivity contribution < 1.29 is 27.5 Å².